The standard InChI is InChI=1S/C22H36O2.2C2H6/c1-3-4-5-8-11-15-20(2)22(18-14-19-22)17-13-10-7-6-9-12-16-21(23)24;2*1-2/h6,9-11,13,15,20H,3-5,7-8,12,14,16-19H2,1-2H3,(H,23,24);2*1-2H3/b9-6-,13-10-,15-11-;;/t20-;;/m0../s1. The highest BCUT2D eigenvalue weighted by Gasteiger charge is 2.39. The van der Waals surface area contributed by atoms with Crippen molar-refractivity contribution in [2.24, 2.45) is 11.3 Å². The van der Waals surface area contributed by atoms with Gasteiger partial charge < -0.3 is 5.11 Å². The Balaban J connectivity index is 0. The molecule has 0 unspecified atom stereocenters. The highest BCUT2D eigenvalue weighted by molar-refractivity contribution is 5.66. The van der Waals surface area contributed by atoms with Crippen molar-refractivity contribution in [3.05, 3.63) is 36.5 Å². The molecule has 1 rings (SSSR count). The summed E-state index contributed by atoms with van der Waals surface area (Å²) in [6, 6.07) is 0. The van der Waals surface area contributed by atoms with Crippen LogP contribution in [0.15, 0.2) is 36.5 Å². The Bertz CT molecular complexity index is 428. The van der Waals surface area contributed by atoms with Crippen LogP contribution in [-0.2, 0) is 4.79 Å². The van der Waals surface area contributed by atoms with Crippen molar-refractivity contribution in [3.63, 3.8) is 0 Å². The van der Waals surface area contributed by atoms with Gasteiger partial charge in [-0.3, -0.25) is 4.79 Å². The van der Waals surface area contributed by atoms with E-state index in [0.29, 0.717) is 17.8 Å². The molecule has 0 aromatic carbocycles. The number of rotatable bonds is 13. The molecular formula is C26H48O2. The van der Waals surface area contributed by atoms with Crippen LogP contribution < -0.4 is 0 Å². The molecule has 0 heterocycles. The molecule has 1 aliphatic carbocycles. The number of allylic oxidation sites excluding steroid dienone is 6. The second kappa shape index (κ2) is 20.4. The Morgan fingerprint density at radius 3 is 2.14 bits per heavy atom. The lowest BCUT2D eigenvalue weighted by Gasteiger charge is -2.45. The van der Waals surface area contributed by atoms with Gasteiger partial charge in [-0.25, -0.2) is 0 Å². The van der Waals surface area contributed by atoms with Gasteiger partial charge in [-0.15, -0.1) is 0 Å². The first-order chi connectivity index (χ1) is 13.6. The minimum Gasteiger partial charge on any atom is -0.481 e. The van der Waals surface area contributed by atoms with Gasteiger partial charge in [0.2, 0.25) is 0 Å². The van der Waals surface area contributed by atoms with Crippen molar-refractivity contribution >= 4 is 5.97 Å². The largest absolute Gasteiger partial charge is 0.481 e. The van der Waals surface area contributed by atoms with Crippen LogP contribution in [0.5, 0.6) is 0 Å². The van der Waals surface area contributed by atoms with Crippen LogP contribution in [0.25, 0.3) is 0 Å². The number of carboxylic acids is 1. The molecule has 2 nitrogen and oxygen atoms in total. The van der Waals surface area contributed by atoms with E-state index in [0.717, 1.165) is 6.42 Å². The summed E-state index contributed by atoms with van der Waals surface area (Å²) in [6.45, 7) is 12.6. The van der Waals surface area contributed by atoms with Crippen LogP contribution in [0.1, 0.15) is 112 Å². The van der Waals surface area contributed by atoms with E-state index in [9.17, 15) is 4.79 Å². The van der Waals surface area contributed by atoms with Gasteiger partial charge in [-0.1, -0.05) is 97.3 Å². The molecule has 0 bridgehead atoms. The molecule has 28 heavy (non-hydrogen) atoms. The third-order valence-electron chi connectivity index (χ3n) is 5.37. The molecular weight excluding hydrogens is 344 g/mol. The van der Waals surface area contributed by atoms with Gasteiger partial charge in [0, 0.05) is 6.42 Å². The zero-order chi connectivity index (χ0) is 21.7. The molecule has 0 aliphatic heterocycles. The summed E-state index contributed by atoms with van der Waals surface area (Å²) in [5, 5.41) is 8.58. The predicted molar refractivity (Wildman–Crippen MR) is 126 cm³/mol. The first kappa shape index (κ1) is 28.9. The molecule has 1 saturated carbocycles. The van der Waals surface area contributed by atoms with Crippen molar-refractivity contribution in [3.8, 4) is 0 Å². The lowest BCUT2D eigenvalue weighted by molar-refractivity contribution is -0.136. The highest BCUT2D eigenvalue weighted by atomic mass is 16.4. The van der Waals surface area contributed by atoms with Crippen molar-refractivity contribution < 1.29 is 9.90 Å². The maximum atomic E-state index is 10.4. The number of carbonyl (C=O) groups is 1. The molecule has 0 aromatic heterocycles. The van der Waals surface area contributed by atoms with Crippen LogP contribution in [0.3, 0.4) is 0 Å². The number of hydrogen-bond acceptors (Lipinski definition) is 1. The Labute approximate surface area is 176 Å². The molecule has 1 fully saturated rings. The van der Waals surface area contributed by atoms with Gasteiger partial charge in [0.05, 0.1) is 0 Å². The molecule has 164 valence electrons. The zero-order valence-electron chi connectivity index (χ0n) is 19.7. The van der Waals surface area contributed by atoms with E-state index >= 15 is 0 Å². The van der Waals surface area contributed by atoms with E-state index in [2.05, 4.69) is 44.2 Å². The highest BCUT2D eigenvalue weighted by Crippen LogP contribution is 2.50. The fraction of sp³-hybridized carbons (Fsp3) is 0.731. The maximum Gasteiger partial charge on any atom is 0.303 e. The normalized spacial score (nSPS) is 16.2. The zero-order valence-corrected chi connectivity index (χ0v) is 19.7. The number of aliphatic carboxylic acids is 1. The Kier molecular flexibility index (Phi) is 21.1. The molecule has 0 radical (unpaired) electrons. The summed E-state index contributed by atoms with van der Waals surface area (Å²) in [5.41, 5.74) is 0.491. The summed E-state index contributed by atoms with van der Waals surface area (Å²) in [4.78, 5) is 10.4. The van der Waals surface area contributed by atoms with Crippen LogP contribution in [-0.4, -0.2) is 11.1 Å². The summed E-state index contributed by atoms with van der Waals surface area (Å²) < 4.78 is 0. The first-order valence-electron chi connectivity index (χ1n) is 11.8. The minimum absolute atomic E-state index is 0.228. The van der Waals surface area contributed by atoms with Crippen molar-refractivity contribution in [2.75, 3.05) is 0 Å². The van der Waals surface area contributed by atoms with E-state index in [-0.39, 0.29) is 6.42 Å². The van der Waals surface area contributed by atoms with Crippen LogP contribution in [0, 0.1) is 11.3 Å². The molecule has 1 atom stereocenters. The molecule has 0 amide bonds. The van der Waals surface area contributed by atoms with E-state index in [1.165, 1.54) is 51.4 Å². The first-order valence-corrected chi connectivity index (χ1v) is 11.8. The lowest BCUT2D eigenvalue weighted by atomic mass is 9.59. The number of carboxylic acid groups (broad SMARTS) is 1. The third kappa shape index (κ3) is 13.8. The average Bonchev–Trinajstić information content (AvgIpc) is 2.68. The third-order valence-corrected chi connectivity index (χ3v) is 5.37. The summed E-state index contributed by atoms with van der Waals surface area (Å²) in [7, 11) is 0. The van der Waals surface area contributed by atoms with Crippen molar-refractivity contribution in [2.45, 2.75) is 112 Å². The number of unbranched alkanes of at least 4 members (excludes halogenated alkanes) is 3. The summed E-state index contributed by atoms with van der Waals surface area (Å²) in [6.07, 6.45) is 25.7. The Morgan fingerprint density at radius 1 is 0.964 bits per heavy atom. The maximum absolute atomic E-state index is 10.4. The summed E-state index contributed by atoms with van der Waals surface area (Å²) in [5.74, 6) is -0.0533. The topological polar surface area (TPSA) is 37.3 Å². The van der Waals surface area contributed by atoms with E-state index < -0.39 is 5.97 Å². The molecule has 2 heteroatoms. The Morgan fingerprint density at radius 2 is 1.61 bits per heavy atom. The molecule has 1 aliphatic rings. The van der Waals surface area contributed by atoms with Gasteiger partial charge in [0.15, 0.2) is 0 Å². The smallest absolute Gasteiger partial charge is 0.303 e. The second-order valence-electron chi connectivity index (χ2n) is 7.24. The quantitative estimate of drug-likeness (QED) is 0.251. The van der Waals surface area contributed by atoms with Crippen molar-refractivity contribution in [1.82, 2.24) is 0 Å². The van der Waals surface area contributed by atoms with Gasteiger partial charge in [0.1, 0.15) is 0 Å². The predicted octanol–water partition coefficient (Wildman–Crippen LogP) is 8.74. The van der Waals surface area contributed by atoms with E-state index in [1.54, 1.807) is 0 Å². The average molecular weight is 393 g/mol. The molecule has 1 N–H and O–H groups in total. The fourth-order valence-corrected chi connectivity index (χ4v) is 3.41. The van der Waals surface area contributed by atoms with Gasteiger partial charge >= 0.3 is 5.97 Å². The monoisotopic (exact) mass is 392 g/mol. The second-order valence-corrected chi connectivity index (χ2v) is 7.24. The SMILES string of the molecule is CC.CC.CCCCC/C=C\[C@H](C)C1(C/C=C\C/C=C\CCC(=O)O)CCC1. The van der Waals surface area contributed by atoms with Crippen LogP contribution in [0.4, 0.5) is 0 Å². The Hall–Kier alpha value is -1.31. The molecule has 0 aromatic rings. The summed E-state index contributed by atoms with van der Waals surface area (Å²) >= 11 is 0. The van der Waals surface area contributed by atoms with Gasteiger partial charge in [0.25, 0.3) is 0 Å². The number of hydrogen-bond donors (Lipinski definition) is 1. The molecule has 0 saturated heterocycles. The van der Waals surface area contributed by atoms with Crippen LogP contribution in [0.2, 0.25) is 0 Å². The van der Waals surface area contributed by atoms with Gasteiger partial charge in [-0.05, 0) is 56.3 Å². The fourth-order valence-electron chi connectivity index (χ4n) is 3.41. The van der Waals surface area contributed by atoms with E-state index in [1.807, 2.05) is 33.8 Å². The van der Waals surface area contributed by atoms with Gasteiger partial charge in [-0.2, -0.15) is 0 Å². The van der Waals surface area contributed by atoms with E-state index in [4.69, 9.17) is 5.11 Å². The van der Waals surface area contributed by atoms with Crippen molar-refractivity contribution in [1.29, 1.82) is 0 Å². The van der Waals surface area contributed by atoms with Crippen LogP contribution >= 0.6 is 0 Å². The lowest BCUT2D eigenvalue weighted by Crippen LogP contribution is -2.34. The molecule has 0 spiro atoms. The minimum atomic E-state index is -0.723.